The Morgan fingerprint density at radius 2 is 2.05 bits per heavy atom. The lowest BCUT2D eigenvalue weighted by molar-refractivity contribution is 0.836. The predicted molar refractivity (Wildman–Crippen MR) is 84.4 cm³/mol. The van der Waals surface area contributed by atoms with Crippen molar-refractivity contribution < 1.29 is 0 Å². The number of nitrogen functional groups attached to an aromatic ring is 1. The lowest BCUT2D eigenvalue weighted by Crippen LogP contribution is -2.07. The van der Waals surface area contributed by atoms with E-state index < -0.39 is 0 Å². The molecule has 0 aliphatic carbocycles. The molecule has 0 saturated carbocycles. The maximum Gasteiger partial charge on any atom is 0.139 e. The highest BCUT2D eigenvalue weighted by molar-refractivity contribution is 5.67. The van der Waals surface area contributed by atoms with Crippen molar-refractivity contribution in [2.75, 3.05) is 11.1 Å². The quantitative estimate of drug-likeness (QED) is 0.898. The number of anilines is 3. The van der Waals surface area contributed by atoms with Crippen LogP contribution in [-0.4, -0.2) is 9.97 Å². The first kappa shape index (κ1) is 14.8. The fourth-order valence-electron chi connectivity index (χ4n) is 1.99. The normalized spacial score (nSPS) is 10.2. The summed E-state index contributed by atoms with van der Waals surface area (Å²) in [7, 11) is 0. The van der Waals surface area contributed by atoms with Gasteiger partial charge in [-0.25, -0.2) is 9.97 Å². The molecule has 1 heterocycles. The van der Waals surface area contributed by atoms with E-state index in [1.165, 1.54) is 0 Å². The Labute approximate surface area is 124 Å². The third-order valence-corrected chi connectivity index (χ3v) is 3.32. The Kier molecular flexibility index (Phi) is 4.39. The number of rotatable bonds is 4. The van der Waals surface area contributed by atoms with E-state index in [-0.39, 0.29) is 0 Å². The van der Waals surface area contributed by atoms with E-state index in [4.69, 9.17) is 11.0 Å². The lowest BCUT2D eigenvalue weighted by Gasteiger charge is -2.13. The van der Waals surface area contributed by atoms with Gasteiger partial charge in [0.25, 0.3) is 0 Å². The Hall–Kier alpha value is -2.61. The molecule has 2 aromatic rings. The fraction of sp³-hybridized carbons (Fsp3) is 0.312. The summed E-state index contributed by atoms with van der Waals surface area (Å²) in [6.07, 6.45) is 1.75. The van der Waals surface area contributed by atoms with E-state index in [1.54, 1.807) is 6.07 Å². The van der Waals surface area contributed by atoms with Gasteiger partial charge in [-0.05, 0) is 38.0 Å². The van der Waals surface area contributed by atoms with Crippen LogP contribution >= 0.6 is 0 Å². The van der Waals surface area contributed by atoms with E-state index in [2.05, 4.69) is 28.3 Å². The molecule has 108 valence electrons. The van der Waals surface area contributed by atoms with Crippen molar-refractivity contribution in [3.05, 3.63) is 40.7 Å². The van der Waals surface area contributed by atoms with Crippen molar-refractivity contribution in [3.63, 3.8) is 0 Å². The summed E-state index contributed by atoms with van der Waals surface area (Å²) in [4.78, 5) is 8.82. The maximum absolute atomic E-state index is 9.01. The minimum Gasteiger partial charge on any atom is -0.383 e. The summed E-state index contributed by atoms with van der Waals surface area (Å²) < 4.78 is 0. The zero-order valence-electron chi connectivity index (χ0n) is 12.6. The van der Waals surface area contributed by atoms with Gasteiger partial charge in [0.15, 0.2) is 0 Å². The van der Waals surface area contributed by atoms with Gasteiger partial charge in [-0.3, -0.25) is 0 Å². The van der Waals surface area contributed by atoms with Gasteiger partial charge in [-0.1, -0.05) is 13.0 Å². The molecule has 0 spiro atoms. The highest BCUT2D eigenvalue weighted by atomic mass is 15.1. The van der Waals surface area contributed by atoms with Crippen molar-refractivity contribution in [2.45, 2.75) is 33.6 Å². The second-order valence-corrected chi connectivity index (χ2v) is 5.02. The Morgan fingerprint density at radius 1 is 1.29 bits per heavy atom. The molecular formula is C16H19N5. The first-order chi connectivity index (χ1) is 10.0. The number of hydrogen-bond donors (Lipinski definition) is 2. The number of aryl methyl sites for hydroxylation is 2. The number of nitrogens with zero attached hydrogens (tertiary/aromatic N) is 3. The van der Waals surface area contributed by atoms with Crippen LogP contribution in [0.25, 0.3) is 0 Å². The summed E-state index contributed by atoms with van der Waals surface area (Å²) in [6, 6.07) is 7.66. The first-order valence-electron chi connectivity index (χ1n) is 6.96. The van der Waals surface area contributed by atoms with Crippen LogP contribution in [0, 0.1) is 25.2 Å². The smallest absolute Gasteiger partial charge is 0.139 e. The molecule has 0 radical (unpaired) electrons. The molecular weight excluding hydrogens is 262 g/mol. The van der Waals surface area contributed by atoms with Gasteiger partial charge >= 0.3 is 0 Å². The minimum absolute atomic E-state index is 0.491. The SMILES string of the molecule is CCCc1nc(N)c(C)c(Nc2cc(C#N)ccc2C)n1. The van der Waals surface area contributed by atoms with Gasteiger partial charge in [-0.15, -0.1) is 0 Å². The van der Waals surface area contributed by atoms with Crippen LogP contribution in [0.1, 0.15) is 35.9 Å². The summed E-state index contributed by atoms with van der Waals surface area (Å²) in [5.74, 6) is 1.92. The largest absolute Gasteiger partial charge is 0.383 e. The number of nitrogens with one attached hydrogen (secondary N) is 1. The molecule has 1 aromatic heterocycles. The third-order valence-electron chi connectivity index (χ3n) is 3.32. The van der Waals surface area contributed by atoms with Crippen molar-refractivity contribution in [3.8, 4) is 6.07 Å². The molecule has 0 aliphatic heterocycles. The van der Waals surface area contributed by atoms with Crippen molar-refractivity contribution in [1.29, 1.82) is 5.26 Å². The molecule has 1 aromatic carbocycles. The molecule has 0 amide bonds. The average molecular weight is 281 g/mol. The van der Waals surface area contributed by atoms with E-state index in [0.29, 0.717) is 17.2 Å². The topological polar surface area (TPSA) is 87.6 Å². The van der Waals surface area contributed by atoms with Crippen LogP contribution in [0.3, 0.4) is 0 Å². The number of aromatic nitrogens is 2. The van der Waals surface area contributed by atoms with Gasteiger partial charge < -0.3 is 11.1 Å². The molecule has 2 rings (SSSR count). The Bertz CT molecular complexity index is 701. The van der Waals surface area contributed by atoms with Gasteiger partial charge in [0.2, 0.25) is 0 Å². The monoisotopic (exact) mass is 281 g/mol. The molecule has 0 unspecified atom stereocenters. The summed E-state index contributed by atoms with van der Waals surface area (Å²) in [6.45, 7) is 5.94. The lowest BCUT2D eigenvalue weighted by atomic mass is 10.1. The van der Waals surface area contributed by atoms with E-state index in [0.717, 1.165) is 35.5 Å². The molecule has 5 nitrogen and oxygen atoms in total. The van der Waals surface area contributed by atoms with E-state index in [1.807, 2.05) is 26.0 Å². The highest BCUT2D eigenvalue weighted by Crippen LogP contribution is 2.25. The molecule has 0 atom stereocenters. The van der Waals surface area contributed by atoms with Gasteiger partial charge in [0, 0.05) is 17.7 Å². The summed E-state index contributed by atoms with van der Waals surface area (Å²) in [5, 5.41) is 12.3. The highest BCUT2D eigenvalue weighted by Gasteiger charge is 2.10. The zero-order chi connectivity index (χ0) is 15.4. The van der Waals surface area contributed by atoms with Crippen LogP contribution in [-0.2, 0) is 6.42 Å². The predicted octanol–water partition coefficient (Wildman–Crippen LogP) is 3.24. The van der Waals surface area contributed by atoms with Crippen LogP contribution in [0.5, 0.6) is 0 Å². The second kappa shape index (κ2) is 6.23. The zero-order valence-corrected chi connectivity index (χ0v) is 12.6. The van der Waals surface area contributed by atoms with Crippen LogP contribution in [0.4, 0.5) is 17.3 Å². The molecule has 5 heteroatoms. The van der Waals surface area contributed by atoms with Crippen molar-refractivity contribution >= 4 is 17.3 Å². The number of nitriles is 1. The number of nitrogens with two attached hydrogens (primary N) is 1. The van der Waals surface area contributed by atoms with Crippen molar-refractivity contribution in [1.82, 2.24) is 9.97 Å². The maximum atomic E-state index is 9.01. The molecule has 0 fully saturated rings. The summed E-state index contributed by atoms with van der Waals surface area (Å²) in [5.41, 5.74) is 9.28. The van der Waals surface area contributed by atoms with E-state index >= 15 is 0 Å². The van der Waals surface area contributed by atoms with Crippen LogP contribution in [0.15, 0.2) is 18.2 Å². The molecule has 0 bridgehead atoms. The second-order valence-electron chi connectivity index (χ2n) is 5.02. The third kappa shape index (κ3) is 3.29. The number of benzene rings is 1. The molecule has 3 N–H and O–H groups in total. The average Bonchev–Trinajstić information content (AvgIpc) is 2.46. The van der Waals surface area contributed by atoms with Gasteiger partial charge in [0.05, 0.1) is 11.6 Å². The molecule has 0 aliphatic rings. The fourth-order valence-corrected chi connectivity index (χ4v) is 1.99. The number of hydrogen-bond acceptors (Lipinski definition) is 5. The standard InChI is InChI=1S/C16H19N5/c1-4-5-14-20-15(18)11(3)16(21-14)19-13-8-12(9-17)7-6-10(13)2/h6-8H,4-5H2,1-3H3,(H3,18,19,20,21). The van der Waals surface area contributed by atoms with Crippen molar-refractivity contribution in [2.24, 2.45) is 0 Å². The van der Waals surface area contributed by atoms with Gasteiger partial charge in [0.1, 0.15) is 17.5 Å². The Morgan fingerprint density at radius 3 is 2.71 bits per heavy atom. The Balaban J connectivity index is 2.41. The molecule has 21 heavy (non-hydrogen) atoms. The van der Waals surface area contributed by atoms with Crippen LogP contribution in [0.2, 0.25) is 0 Å². The minimum atomic E-state index is 0.491. The van der Waals surface area contributed by atoms with E-state index in [9.17, 15) is 0 Å². The van der Waals surface area contributed by atoms with Gasteiger partial charge in [-0.2, -0.15) is 5.26 Å². The first-order valence-corrected chi connectivity index (χ1v) is 6.96. The van der Waals surface area contributed by atoms with Crippen LogP contribution < -0.4 is 11.1 Å². The summed E-state index contributed by atoms with van der Waals surface area (Å²) >= 11 is 0. The molecule has 0 saturated heterocycles.